The number of likely N-dealkylation sites (tertiary alicyclic amines) is 1. The van der Waals surface area contributed by atoms with E-state index >= 15 is 0 Å². The van der Waals surface area contributed by atoms with E-state index in [1.54, 1.807) is 0 Å². The maximum Gasteiger partial charge on any atom is 0.135 e. The third-order valence-corrected chi connectivity index (χ3v) is 4.07. The molecule has 1 aliphatic heterocycles. The number of aryl methyl sites for hydroxylation is 1. The number of rotatable bonds is 7. The van der Waals surface area contributed by atoms with Gasteiger partial charge in [-0.2, -0.15) is 0 Å². The van der Waals surface area contributed by atoms with E-state index in [0.29, 0.717) is 12.5 Å². The van der Waals surface area contributed by atoms with Gasteiger partial charge in [0.1, 0.15) is 12.2 Å². The number of hydrogen-bond acceptors (Lipinski definition) is 4. The van der Waals surface area contributed by atoms with E-state index in [0.717, 1.165) is 19.4 Å². The highest BCUT2D eigenvalue weighted by Gasteiger charge is 2.23. The first kappa shape index (κ1) is 14.5. The van der Waals surface area contributed by atoms with E-state index in [4.69, 9.17) is 5.11 Å². The van der Waals surface area contributed by atoms with E-state index in [1.165, 1.54) is 44.7 Å². The fourth-order valence-corrected chi connectivity index (χ4v) is 2.86. The van der Waals surface area contributed by atoms with Crippen LogP contribution in [0.2, 0.25) is 0 Å². The summed E-state index contributed by atoms with van der Waals surface area (Å²) >= 11 is 0. The van der Waals surface area contributed by atoms with Gasteiger partial charge in [0.15, 0.2) is 0 Å². The van der Waals surface area contributed by atoms with Crippen LogP contribution in [0.4, 0.5) is 0 Å². The van der Waals surface area contributed by atoms with Crippen LogP contribution in [-0.2, 0) is 6.54 Å². The minimum atomic E-state index is 0.328. The number of aliphatic hydroxyl groups is 1. The Bertz CT molecular complexity index is 358. The van der Waals surface area contributed by atoms with Crippen LogP contribution < -0.4 is 0 Å². The van der Waals surface area contributed by atoms with Gasteiger partial charge in [-0.3, -0.25) is 0 Å². The Morgan fingerprint density at radius 1 is 1.26 bits per heavy atom. The lowest BCUT2D eigenvalue weighted by molar-refractivity contribution is 0.200. The number of aliphatic hydroxyl groups excluding tert-OH is 1. The Morgan fingerprint density at radius 2 is 2.05 bits per heavy atom. The van der Waals surface area contributed by atoms with Gasteiger partial charge in [0.2, 0.25) is 0 Å². The normalized spacial score (nSPS) is 18.0. The third kappa shape index (κ3) is 4.01. The zero-order chi connectivity index (χ0) is 13.5. The van der Waals surface area contributed by atoms with Crippen molar-refractivity contribution >= 4 is 0 Å². The Labute approximate surface area is 115 Å². The van der Waals surface area contributed by atoms with Crippen LogP contribution in [0.3, 0.4) is 0 Å². The summed E-state index contributed by atoms with van der Waals surface area (Å²) in [6, 6.07) is 0. The summed E-state index contributed by atoms with van der Waals surface area (Å²) < 4.78 is 2.17. The van der Waals surface area contributed by atoms with Crippen molar-refractivity contribution in [2.45, 2.75) is 51.5 Å². The Balaban J connectivity index is 1.73. The van der Waals surface area contributed by atoms with Gasteiger partial charge in [0.05, 0.1) is 0 Å². The van der Waals surface area contributed by atoms with E-state index < -0.39 is 0 Å². The highest BCUT2D eigenvalue weighted by Crippen LogP contribution is 2.26. The molecular weight excluding hydrogens is 240 g/mol. The molecular formula is C14H26N4O. The minimum Gasteiger partial charge on any atom is -0.396 e. The predicted octanol–water partition coefficient (Wildman–Crippen LogP) is 1.64. The lowest BCUT2D eigenvalue weighted by Gasteiger charge is -2.31. The second kappa shape index (κ2) is 7.60. The van der Waals surface area contributed by atoms with Crippen LogP contribution in [0.25, 0.3) is 0 Å². The van der Waals surface area contributed by atoms with Gasteiger partial charge in [-0.1, -0.05) is 0 Å². The molecule has 1 N–H and O–H groups in total. The van der Waals surface area contributed by atoms with Crippen LogP contribution in [-0.4, -0.2) is 51.0 Å². The second-order valence-electron chi connectivity index (χ2n) is 5.38. The summed E-state index contributed by atoms with van der Waals surface area (Å²) in [5.41, 5.74) is 0. The minimum absolute atomic E-state index is 0.328. The second-order valence-corrected chi connectivity index (χ2v) is 5.38. The maximum atomic E-state index is 8.76. The molecule has 1 saturated heterocycles. The molecule has 5 heteroatoms. The molecule has 0 bridgehead atoms. The Morgan fingerprint density at radius 3 is 2.74 bits per heavy atom. The molecule has 0 saturated carbocycles. The van der Waals surface area contributed by atoms with Gasteiger partial charge in [-0.25, -0.2) is 0 Å². The molecule has 1 aromatic rings. The Kier molecular flexibility index (Phi) is 5.79. The zero-order valence-electron chi connectivity index (χ0n) is 12.0. The molecule has 0 spiro atoms. The summed E-state index contributed by atoms with van der Waals surface area (Å²) in [4.78, 5) is 2.54. The molecule has 0 unspecified atom stereocenters. The highest BCUT2D eigenvalue weighted by molar-refractivity contribution is 4.98. The molecule has 19 heavy (non-hydrogen) atoms. The molecule has 0 aliphatic carbocycles. The average molecular weight is 266 g/mol. The standard InChI is InChI=1S/C14H26N4O/c1-2-18-12-15-16-14(18)13-6-9-17(10-7-13)8-4-3-5-11-19/h12-13,19H,2-11H2,1H3. The molecule has 1 aromatic heterocycles. The molecule has 0 radical (unpaired) electrons. The molecule has 0 aromatic carbocycles. The van der Waals surface area contributed by atoms with Gasteiger partial charge in [0, 0.05) is 19.1 Å². The van der Waals surface area contributed by atoms with Gasteiger partial charge in [-0.15, -0.1) is 10.2 Å². The van der Waals surface area contributed by atoms with Crippen molar-refractivity contribution in [3.05, 3.63) is 12.2 Å². The number of unbranched alkanes of at least 4 members (excludes halogenated alkanes) is 2. The van der Waals surface area contributed by atoms with Crippen molar-refractivity contribution in [2.24, 2.45) is 0 Å². The summed E-state index contributed by atoms with van der Waals surface area (Å²) in [5, 5.41) is 17.1. The predicted molar refractivity (Wildman–Crippen MR) is 75.0 cm³/mol. The summed E-state index contributed by atoms with van der Waals surface area (Å²) in [6.45, 7) is 6.94. The fourth-order valence-electron chi connectivity index (χ4n) is 2.86. The highest BCUT2D eigenvalue weighted by atomic mass is 16.2. The van der Waals surface area contributed by atoms with E-state index in [2.05, 4.69) is 26.6 Å². The SMILES string of the molecule is CCn1cnnc1C1CCN(CCCCCO)CC1. The van der Waals surface area contributed by atoms with Crippen LogP contribution in [0.15, 0.2) is 6.33 Å². The van der Waals surface area contributed by atoms with Crippen molar-refractivity contribution in [3.8, 4) is 0 Å². The van der Waals surface area contributed by atoms with Gasteiger partial charge < -0.3 is 14.6 Å². The fraction of sp³-hybridized carbons (Fsp3) is 0.857. The average Bonchev–Trinajstić information content (AvgIpc) is 2.93. The third-order valence-electron chi connectivity index (χ3n) is 4.07. The Hall–Kier alpha value is -0.940. The van der Waals surface area contributed by atoms with Crippen LogP contribution in [0, 0.1) is 0 Å². The van der Waals surface area contributed by atoms with E-state index in [1.807, 2.05) is 6.33 Å². The first-order chi connectivity index (χ1) is 9.35. The number of nitrogens with zero attached hydrogens (tertiary/aromatic N) is 4. The first-order valence-electron chi connectivity index (χ1n) is 7.56. The zero-order valence-corrected chi connectivity index (χ0v) is 12.0. The maximum absolute atomic E-state index is 8.76. The lowest BCUT2D eigenvalue weighted by Crippen LogP contribution is -2.34. The molecule has 2 rings (SSSR count). The number of piperidine rings is 1. The monoisotopic (exact) mass is 266 g/mol. The molecule has 2 heterocycles. The molecule has 1 fully saturated rings. The van der Waals surface area contributed by atoms with Crippen molar-refractivity contribution in [1.29, 1.82) is 0 Å². The molecule has 0 atom stereocenters. The van der Waals surface area contributed by atoms with Gasteiger partial charge in [0.25, 0.3) is 0 Å². The van der Waals surface area contributed by atoms with E-state index in [9.17, 15) is 0 Å². The lowest BCUT2D eigenvalue weighted by atomic mass is 9.95. The van der Waals surface area contributed by atoms with Crippen molar-refractivity contribution in [2.75, 3.05) is 26.2 Å². The van der Waals surface area contributed by atoms with E-state index in [-0.39, 0.29) is 0 Å². The van der Waals surface area contributed by atoms with Crippen LogP contribution >= 0.6 is 0 Å². The number of hydrogen-bond donors (Lipinski definition) is 1. The van der Waals surface area contributed by atoms with Crippen molar-refractivity contribution in [1.82, 2.24) is 19.7 Å². The topological polar surface area (TPSA) is 54.2 Å². The van der Waals surface area contributed by atoms with Crippen LogP contribution in [0.5, 0.6) is 0 Å². The molecule has 0 amide bonds. The van der Waals surface area contributed by atoms with Crippen molar-refractivity contribution < 1.29 is 5.11 Å². The van der Waals surface area contributed by atoms with Gasteiger partial charge >= 0.3 is 0 Å². The van der Waals surface area contributed by atoms with Gasteiger partial charge in [-0.05, 0) is 58.7 Å². The molecule has 108 valence electrons. The summed E-state index contributed by atoms with van der Waals surface area (Å²) in [7, 11) is 0. The molecule has 1 aliphatic rings. The van der Waals surface area contributed by atoms with Crippen molar-refractivity contribution in [3.63, 3.8) is 0 Å². The number of aromatic nitrogens is 3. The first-order valence-corrected chi connectivity index (χ1v) is 7.56. The summed E-state index contributed by atoms with van der Waals surface area (Å²) in [5.74, 6) is 1.75. The molecule has 5 nitrogen and oxygen atoms in total. The quantitative estimate of drug-likeness (QED) is 0.762. The summed E-state index contributed by atoms with van der Waals surface area (Å²) in [6.07, 6.45) is 7.51. The van der Waals surface area contributed by atoms with Crippen LogP contribution in [0.1, 0.15) is 50.8 Å². The smallest absolute Gasteiger partial charge is 0.135 e. The largest absolute Gasteiger partial charge is 0.396 e.